The molecule has 1 aromatic heterocycles. The molecule has 144 valence electrons. The van der Waals surface area contributed by atoms with Crippen molar-refractivity contribution < 1.29 is 14.3 Å². The van der Waals surface area contributed by atoms with Crippen LogP contribution in [0.15, 0.2) is 48.9 Å². The number of carbonyl (C=O) groups is 2. The van der Waals surface area contributed by atoms with Crippen LogP contribution in [0.2, 0.25) is 0 Å². The summed E-state index contributed by atoms with van der Waals surface area (Å²) in [6.07, 6.45) is 5.34. The van der Waals surface area contributed by atoms with Crippen molar-refractivity contribution in [3.63, 3.8) is 0 Å². The molecule has 1 aromatic carbocycles. The number of nitrogens with zero attached hydrogens (tertiary/aromatic N) is 3. The molecule has 1 atom stereocenters. The second-order valence-electron chi connectivity index (χ2n) is 6.18. The van der Waals surface area contributed by atoms with Gasteiger partial charge in [0.1, 0.15) is 5.69 Å². The SMILES string of the molecule is COCCCN(CCC(=O)NC(C)c1ccccc1)C(=O)c1cnccn1. The van der Waals surface area contributed by atoms with Gasteiger partial charge in [-0.15, -0.1) is 0 Å². The third-order valence-corrected chi connectivity index (χ3v) is 4.13. The highest BCUT2D eigenvalue weighted by molar-refractivity contribution is 5.92. The average Bonchev–Trinajstić information content (AvgIpc) is 2.71. The van der Waals surface area contributed by atoms with E-state index >= 15 is 0 Å². The molecule has 0 saturated carbocycles. The van der Waals surface area contributed by atoms with E-state index in [1.54, 1.807) is 12.0 Å². The second-order valence-corrected chi connectivity index (χ2v) is 6.18. The number of methoxy groups -OCH3 is 1. The molecule has 0 aliphatic rings. The number of aromatic nitrogens is 2. The molecule has 7 nitrogen and oxygen atoms in total. The van der Waals surface area contributed by atoms with E-state index in [2.05, 4.69) is 15.3 Å². The second kappa shape index (κ2) is 11.0. The van der Waals surface area contributed by atoms with Gasteiger partial charge in [-0.05, 0) is 18.9 Å². The van der Waals surface area contributed by atoms with E-state index in [9.17, 15) is 9.59 Å². The Morgan fingerprint density at radius 2 is 1.96 bits per heavy atom. The van der Waals surface area contributed by atoms with Crippen LogP contribution in [0, 0.1) is 0 Å². The van der Waals surface area contributed by atoms with E-state index in [-0.39, 0.29) is 30.0 Å². The first kappa shape index (κ1) is 20.5. The molecule has 0 saturated heterocycles. The predicted molar refractivity (Wildman–Crippen MR) is 102 cm³/mol. The van der Waals surface area contributed by atoms with Gasteiger partial charge in [-0.1, -0.05) is 30.3 Å². The van der Waals surface area contributed by atoms with Gasteiger partial charge in [-0.3, -0.25) is 14.6 Å². The molecule has 0 fully saturated rings. The molecule has 27 heavy (non-hydrogen) atoms. The van der Waals surface area contributed by atoms with Crippen molar-refractivity contribution >= 4 is 11.8 Å². The Morgan fingerprint density at radius 1 is 1.19 bits per heavy atom. The number of ether oxygens (including phenoxy) is 1. The smallest absolute Gasteiger partial charge is 0.274 e. The minimum absolute atomic E-state index is 0.0867. The van der Waals surface area contributed by atoms with Crippen LogP contribution in [-0.2, 0) is 9.53 Å². The van der Waals surface area contributed by atoms with E-state index in [0.29, 0.717) is 26.1 Å². The van der Waals surface area contributed by atoms with Crippen LogP contribution >= 0.6 is 0 Å². The zero-order valence-corrected chi connectivity index (χ0v) is 15.8. The van der Waals surface area contributed by atoms with E-state index < -0.39 is 0 Å². The largest absolute Gasteiger partial charge is 0.385 e. The van der Waals surface area contributed by atoms with Crippen LogP contribution in [0.1, 0.15) is 41.9 Å². The van der Waals surface area contributed by atoms with Gasteiger partial charge < -0.3 is 15.0 Å². The molecule has 2 aromatic rings. The van der Waals surface area contributed by atoms with Gasteiger partial charge in [0.15, 0.2) is 0 Å². The molecule has 0 radical (unpaired) electrons. The molecular formula is C20H26N4O3. The number of amides is 2. The van der Waals surface area contributed by atoms with Crippen LogP contribution in [0.4, 0.5) is 0 Å². The molecule has 1 heterocycles. The summed E-state index contributed by atoms with van der Waals surface area (Å²) in [4.78, 5) is 34.6. The van der Waals surface area contributed by atoms with E-state index in [0.717, 1.165) is 5.56 Å². The standard InChI is InChI=1S/C20H26N4O3/c1-16(17-7-4-3-5-8-17)23-19(25)9-13-24(12-6-14-27-2)20(26)18-15-21-10-11-22-18/h3-5,7-8,10-11,15-16H,6,9,12-14H2,1-2H3,(H,23,25). The molecule has 0 aliphatic carbocycles. The number of nitrogens with one attached hydrogen (secondary N) is 1. The first-order valence-electron chi connectivity index (χ1n) is 9.00. The van der Waals surface area contributed by atoms with Gasteiger partial charge in [-0.2, -0.15) is 0 Å². The Kier molecular flexibility index (Phi) is 8.38. The monoisotopic (exact) mass is 370 g/mol. The van der Waals surface area contributed by atoms with Gasteiger partial charge in [-0.25, -0.2) is 4.98 Å². The van der Waals surface area contributed by atoms with Gasteiger partial charge >= 0.3 is 0 Å². The van der Waals surface area contributed by atoms with Crippen LogP contribution in [0.5, 0.6) is 0 Å². The lowest BCUT2D eigenvalue weighted by Crippen LogP contribution is -2.37. The molecule has 0 bridgehead atoms. The molecule has 7 heteroatoms. The fourth-order valence-corrected chi connectivity index (χ4v) is 2.66. The number of hydrogen-bond acceptors (Lipinski definition) is 5. The minimum atomic E-state index is -0.233. The zero-order chi connectivity index (χ0) is 19.5. The first-order chi connectivity index (χ1) is 13.1. The molecular weight excluding hydrogens is 344 g/mol. The van der Waals surface area contributed by atoms with Crippen molar-refractivity contribution in [2.24, 2.45) is 0 Å². The summed E-state index contributed by atoms with van der Waals surface area (Å²) in [5.74, 6) is -0.335. The quantitative estimate of drug-likeness (QED) is 0.648. The summed E-state index contributed by atoms with van der Waals surface area (Å²) in [6.45, 7) is 3.28. The van der Waals surface area contributed by atoms with Crippen LogP contribution in [0.25, 0.3) is 0 Å². The Balaban J connectivity index is 1.92. The Hall–Kier alpha value is -2.80. The summed E-state index contributed by atoms with van der Waals surface area (Å²) in [6, 6.07) is 9.67. The van der Waals surface area contributed by atoms with Crippen molar-refractivity contribution in [3.8, 4) is 0 Å². The lowest BCUT2D eigenvalue weighted by Gasteiger charge is -2.22. The highest BCUT2D eigenvalue weighted by Gasteiger charge is 2.18. The predicted octanol–water partition coefficient (Wildman–Crippen LogP) is 2.22. The van der Waals surface area contributed by atoms with Gasteiger partial charge in [0.25, 0.3) is 5.91 Å². The number of rotatable bonds is 10. The average molecular weight is 370 g/mol. The molecule has 1 unspecified atom stereocenters. The zero-order valence-electron chi connectivity index (χ0n) is 15.8. The normalized spacial score (nSPS) is 11.6. The van der Waals surface area contributed by atoms with E-state index in [1.807, 2.05) is 37.3 Å². The fraction of sp³-hybridized carbons (Fsp3) is 0.400. The summed E-state index contributed by atoms with van der Waals surface area (Å²) < 4.78 is 5.06. The van der Waals surface area contributed by atoms with E-state index in [4.69, 9.17) is 4.74 Å². The number of hydrogen-bond donors (Lipinski definition) is 1. The molecule has 2 rings (SSSR count). The molecule has 1 N–H and O–H groups in total. The Labute approximate surface area is 159 Å². The highest BCUT2D eigenvalue weighted by Crippen LogP contribution is 2.11. The lowest BCUT2D eigenvalue weighted by molar-refractivity contribution is -0.121. The third-order valence-electron chi connectivity index (χ3n) is 4.13. The van der Waals surface area contributed by atoms with Crippen molar-refractivity contribution in [1.82, 2.24) is 20.2 Å². The van der Waals surface area contributed by atoms with Crippen molar-refractivity contribution in [2.75, 3.05) is 26.8 Å². The number of carbonyl (C=O) groups excluding carboxylic acids is 2. The number of benzene rings is 1. The van der Waals surface area contributed by atoms with Gasteiger partial charge in [0.2, 0.25) is 5.91 Å². The van der Waals surface area contributed by atoms with E-state index in [1.165, 1.54) is 18.6 Å². The van der Waals surface area contributed by atoms with Gasteiger partial charge in [0.05, 0.1) is 12.2 Å². The van der Waals surface area contributed by atoms with Crippen molar-refractivity contribution in [2.45, 2.75) is 25.8 Å². The first-order valence-corrected chi connectivity index (χ1v) is 9.00. The molecule has 0 aliphatic heterocycles. The lowest BCUT2D eigenvalue weighted by atomic mass is 10.1. The summed E-state index contributed by atoms with van der Waals surface area (Å²) in [5, 5.41) is 2.97. The summed E-state index contributed by atoms with van der Waals surface area (Å²) >= 11 is 0. The summed E-state index contributed by atoms with van der Waals surface area (Å²) in [5.41, 5.74) is 1.31. The van der Waals surface area contributed by atoms with Crippen LogP contribution < -0.4 is 5.32 Å². The van der Waals surface area contributed by atoms with Crippen LogP contribution in [0.3, 0.4) is 0 Å². The summed E-state index contributed by atoms with van der Waals surface area (Å²) in [7, 11) is 1.62. The topological polar surface area (TPSA) is 84.4 Å². The maximum absolute atomic E-state index is 12.6. The third kappa shape index (κ3) is 6.79. The van der Waals surface area contributed by atoms with Crippen LogP contribution in [-0.4, -0.2) is 53.5 Å². The van der Waals surface area contributed by atoms with Crippen molar-refractivity contribution in [1.29, 1.82) is 0 Å². The Bertz CT molecular complexity index is 710. The minimum Gasteiger partial charge on any atom is -0.385 e. The highest BCUT2D eigenvalue weighted by atomic mass is 16.5. The molecule has 0 spiro atoms. The Morgan fingerprint density at radius 3 is 2.63 bits per heavy atom. The molecule has 2 amide bonds. The maximum Gasteiger partial charge on any atom is 0.274 e. The fourth-order valence-electron chi connectivity index (χ4n) is 2.66. The van der Waals surface area contributed by atoms with Gasteiger partial charge in [0, 0.05) is 45.6 Å². The maximum atomic E-state index is 12.6. The van der Waals surface area contributed by atoms with Crippen molar-refractivity contribution in [3.05, 3.63) is 60.2 Å².